The van der Waals surface area contributed by atoms with Gasteiger partial charge in [-0.15, -0.1) is 0 Å². The molecule has 24 heavy (non-hydrogen) atoms. The standard InChI is InChI=1S/C20H24O4/c1-23-14-17(5-3-4-15-6-10-18(21)11-7-15)20(24-2)16-8-12-19(22)13-9-16/h3-4,6-13,17,20-22H,5,14H2,1-2H3. The van der Waals surface area contributed by atoms with Crippen LogP contribution in [0.1, 0.15) is 23.7 Å². The Kier molecular flexibility index (Phi) is 6.85. The number of ether oxygens (including phenoxy) is 2. The predicted octanol–water partition coefficient (Wildman–Crippen LogP) is 4.15. The molecule has 0 aliphatic carbocycles. The van der Waals surface area contributed by atoms with Crippen LogP contribution in [0.4, 0.5) is 0 Å². The van der Waals surface area contributed by atoms with E-state index < -0.39 is 0 Å². The Balaban J connectivity index is 2.08. The van der Waals surface area contributed by atoms with Crippen LogP contribution in [0, 0.1) is 5.92 Å². The molecule has 0 amide bonds. The van der Waals surface area contributed by atoms with Crippen molar-refractivity contribution in [1.29, 1.82) is 0 Å². The first-order chi connectivity index (χ1) is 11.6. The first-order valence-electron chi connectivity index (χ1n) is 7.90. The molecule has 0 saturated heterocycles. The number of aromatic hydroxyl groups is 2. The van der Waals surface area contributed by atoms with Gasteiger partial charge in [0.15, 0.2) is 0 Å². The van der Waals surface area contributed by atoms with E-state index in [1.54, 1.807) is 38.5 Å². The number of hydrogen-bond donors (Lipinski definition) is 2. The third-order valence-electron chi connectivity index (χ3n) is 3.93. The van der Waals surface area contributed by atoms with Crippen molar-refractivity contribution in [3.63, 3.8) is 0 Å². The molecule has 2 aromatic carbocycles. The van der Waals surface area contributed by atoms with Crippen molar-refractivity contribution in [2.45, 2.75) is 12.5 Å². The van der Waals surface area contributed by atoms with Crippen molar-refractivity contribution in [2.24, 2.45) is 5.92 Å². The van der Waals surface area contributed by atoms with Crippen molar-refractivity contribution in [2.75, 3.05) is 20.8 Å². The van der Waals surface area contributed by atoms with E-state index in [2.05, 4.69) is 6.08 Å². The fourth-order valence-corrected chi connectivity index (χ4v) is 2.72. The highest BCUT2D eigenvalue weighted by molar-refractivity contribution is 5.50. The van der Waals surface area contributed by atoms with Gasteiger partial charge in [-0.1, -0.05) is 36.4 Å². The van der Waals surface area contributed by atoms with E-state index in [-0.39, 0.29) is 23.5 Å². The molecular weight excluding hydrogens is 304 g/mol. The number of hydrogen-bond acceptors (Lipinski definition) is 4. The number of phenols is 2. The number of benzene rings is 2. The van der Waals surface area contributed by atoms with Crippen LogP contribution in [0.2, 0.25) is 0 Å². The molecule has 2 N–H and O–H groups in total. The van der Waals surface area contributed by atoms with Crippen molar-refractivity contribution in [3.05, 3.63) is 65.7 Å². The molecule has 2 rings (SSSR count). The molecule has 0 saturated carbocycles. The normalized spacial score (nSPS) is 13.9. The molecule has 0 heterocycles. The van der Waals surface area contributed by atoms with Gasteiger partial charge in [0.05, 0.1) is 12.7 Å². The minimum absolute atomic E-state index is 0.116. The van der Waals surface area contributed by atoms with Gasteiger partial charge in [0.25, 0.3) is 0 Å². The van der Waals surface area contributed by atoms with Gasteiger partial charge in [-0.25, -0.2) is 0 Å². The van der Waals surface area contributed by atoms with E-state index in [9.17, 15) is 10.2 Å². The third-order valence-corrected chi connectivity index (χ3v) is 3.93. The molecule has 2 atom stereocenters. The second-order valence-corrected chi connectivity index (χ2v) is 5.69. The molecule has 4 heteroatoms. The molecule has 4 nitrogen and oxygen atoms in total. The van der Waals surface area contributed by atoms with Gasteiger partial charge >= 0.3 is 0 Å². The van der Waals surface area contributed by atoms with E-state index in [4.69, 9.17) is 9.47 Å². The largest absolute Gasteiger partial charge is 0.508 e. The number of phenolic OH excluding ortho intramolecular Hbond substituents is 2. The number of methoxy groups -OCH3 is 2. The van der Waals surface area contributed by atoms with Crippen LogP contribution in [0.3, 0.4) is 0 Å². The molecule has 0 spiro atoms. The maximum atomic E-state index is 9.45. The monoisotopic (exact) mass is 328 g/mol. The Hall–Kier alpha value is -2.30. The average Bonchev–Trinajstić information content (AvgIpc) is 2.59. The van der Waals surface area contributed by atoms with Gasteiger partial charge in [-0.05, 0) is 41.8 Å². The summed E-state index contributed by atoms with van der Waals surface area (Å²) in [7, 11) is 3.37. The number of rotatable bonds is 8. The van der Waals surface area contributed by atoms with Crippen molar-refractivity contribution in [1.82, 2.24) is 0 Å². The summed E-state index contributed by atoms with van der Waals surface area (Å²) in [6.45, 7) is 0.569. The van der Waals surface area contributed by atoms with Crippen LogP contribution in [0.5, 0.6) is 11.5 Å². The summed E-state index contributed by atoms with van der Waals surface area (Å²) in [5.41, 5.74) is 2.04. The summed E-state index contributed by atoms with van der Waals surface area (Å²) in [4.78, 5) is 0. The highest BCUT2D eigenvalue weighted by Gasteiger charge is 2.22. The van der Waals surface area contributed by atoms with E-state index in [0.717, 1.165) is 17.5 Å². The molecule has 2 aromatic rings. The average molecular weight is 328 g/mol. The lowest BCUT2D eigenvalue weighted by molar-refractivity contribution is 0.0142. The fourth-order valence-electron chi connectivity index (χ4n) is 2.72. The second-order valence-electron chi connectivity index (χ2n) is 5.69. The van der Waals surface area contributed by atoms with Crippen molar-refractivity contribution >= 4 is 6.08 Å². The molecule has 0 radical (unpaired) electrons. The van der Waals surface area contributed by atoms with Crippen LogP contribution in [0.25, 0.3) is 6.08 Å². The lowest BCUT2D eigenvalue weighted by Gasteiger charge is -2.25. The molecule has 0 aromatic heterocycles. The summed E-state index contributed by atoms with van der Waals surface area (Å²) < 4.78 is 11.0. The Labute approximate surface area is 143 Å². The lowest BCUT2D eigenvalue weighted by Crippen LogP contribution is -2.19. The van der Waals surface area contributed by atoms with Gasteiger partial charge in [0.2, 0.25) is 0 Å². The van der Waals surface area contributed by atoms with Crippen molar-refractivity contribution in [3.8, 4) is 11.5 Å². The van der Waals surface area contributed by atoms with Gasteiger partial charge < -0.3 is 19.7 Å². The van der Waals surface area contributed by atoms with Gasteiger partial charge in [0, 0.05) is 20.1 Å². The molecule has 0 fully saturated rings. The Morgan fingerprint density at radius 3 is 2.04 bits per heavy atom. The summed E-state index contributed by atoms with van der Waals surface area (Å²) >= 11 is 0. The maximum Gasteiger partial charge on any atom is 0.115 e. The van der Waals surface area contributed by atoms with Gasteiger partial charge in [-0.2, -0.15) is 0 Å². The number of allylic oxidation sites excluding steroid dienone is 1. The quantitative estimate of drug-likeness (QED) is 0.764. The molecule has 128 valence electrons. The zero-order chi connectivity index (χ0) is 17.4. The fraction of sp³-hybridized carbons (Fsp3) is 0.300. The van der Waals surface area contributed by atoms with E-state index in [0.29, 0.717) is 6.61 Å². The smallest absolute Gasteiger partial charge is 0.115 e. The Bertz CT molecular complexity index is 632. The third kappa shape index (κ3) is 5.11. The van der Waals surface area contributed by atoms with Gasteiger partial charge in [-0.3, -0.25) is 0 Å². The summed E-state index contributed by atoms with van der Waals surface area (Å²) in [6.07, 6.45) is 4.78. The summed E-state index contributed by atoms with van der Waals surface area (Å²) in [5.74, 6) is 0.651. The van der Waals surface area contributed by atoms with Crippen LogP contribution in [-0.4, -0.2) is 31.0 Å². The van der Waals surface area contributed by atoms with Crippen LogP contribution in [0.15, 0.2) is 54.6 Å². The minimum atomic E-state index is -0.116. The maximum absolute atomic E-state index is 9.45. The van der Waals surface area contributed by atoms with Crippen LogP contribution in [-0.2, 0) is 9.47 Å². The molecule has 0 bridgehead atoms. The first kappa shape index (κ1) is 18.0. The SMILES string of the molecule is COCC(CC=Cc1ccc(O)cc1)C(OC)c1ccc(O)cc1. The summed E-state index contributed by atoms with van der Waals surface area (Å²) in [5, 5.41) is 18.8. The molecule has 2 unspecified atom stereocenters. The highest BCUT2D eigenvalue weighted by atomic mass is 16.5. The Morgan fingerprint density at radius 1 is 0.917 bits per heavy atom. The molecule has 0 aliphatic heterocycles. The van der Waals surface area contributed by atoms with Gasteiger partial charge in [0.1, 0.15) is 11.5 Å². The topological polar surface area (TPSA) is 58.9 Å². The summed E-state index contributed by atoms with van der Waals surface area (Å²) in [6, 6.07) is 14.1. The van der Waals surface area contributed by atoms with E-state index >= 15 is 0 Å². The minimum Gasteiger partial charge on any atom is -0.508 e. The lowest BCUT2D eigenvalue weighted by atomic mass is 9.92. The highest BCUT2D eigenvalue weighted by Crippen LogP contribution is 2.30. The molecular formula is C20H24O4. The predicted molar refractivity (Wildman–Crippen MR) is 95.0 cm³/mol. The van der Waals surface area contributed by atoms with E-state index in [1.807, 2.05) is 30.3 Å². The van der Waals surface area contributed by atoms with Crippen LogP contribution < -0.4 is 0 Å². The van der Waals surface area contributed by atoms with E-state index in [1.165, 1.54) is 0 Å². The first-order valence-corrected chi connectivity index (χ1v) is 7.90. The molecule has 0 aliphatic rings. The second kappa shape index (κ2) is 9.11. The zero-order valence-corrected chi connectivity index (χ0v) is 14.1. The van der Waals surface area contributed by atoms with Crippen LogP contribution >= 0.6 is 0 Å². The zero-order valence-electron chi connectivity index (χ0n) is 14.1. The Morgan fingerprint density at radius 2 is 1.50 bits per heavy atom. The van der Waals surface area contributed by atoms with Crippen molar-refractivity contribution < 1.29 is 19.7 Å².